The minimum atomic E-state index is -2.88. The van der Waals surface area contributed by atoms with Crippen molar-refractivity contribution in [2.75, 3.05) is 18.5 Å². The Balaban J connectivity index is 1.94. The Morgan fingerprint density at radius 3 is 2.89 bits per heavy atom. The van der Waals surface area contributed by atoms with Crippen molar-refractivity contribution in [2.24, 2.45) is 0 Å². The van der Waals surface area contributed by atoms with E-state index in [2.05, 4.69) is 5.32 Å². The zero-order chi connectivity index (χ0) is 13.6. The first kappa shape index (κ1) is 12.5. The average Bonchev–Trinajstić information content (AvgIpc) is 2.99. The van der Waals surface area contributed by atoms with Gasteiger partial charge in [0.2, 0.25) is 5.91 Å². The largest absolute Gasteiger partial charge is 0.315 e. The van der Waals surface area contributed by atoms with E-state index in [0.29, 0.717) is 18.5 Å². The zero-order valence-corrected chi connectivity index (χ0v) is 10.7. The summed E-state index contributed by atoms with van der Waals surface area (Å²) >= 11 is 0. The quantitative estimate of drug-likeness (QED) is 0.888. The Kier molecular flexibility index (Phi) is 2.82. The van der Waals surface area contributed by atoms with E-state index in [9.17, 15) is 13.6 Å². The van der Waals surface area contributed by atoms with Crippen molar-refractivity contribution in [3.05, 3.63) is 29.3 Å². The molecule has 1 unspecified atom stereocenters. The summed E-state index contributed by atoms with van der Waals surface area (Å²) in [5.74, 6) is -2.93. The first-order chi connectivity index (χ1) is 9.00. The maximum absolute atomic E-state index is 14.4. The van der Waals surface area contributed by atoms with Gasteiger partial charge in [-0.15, -0.1) is 0 Å². The molecule has 2 aliphatic heterocycles. The third-order valence-corrected chi connectivity index (χ3v) is 4.04. The number of nitrogens with zero attached hydrogens (tertiary/aromatic N) is 1. The van der Waals surface area contributed by atoms with Crippen LogP contribution in [0.4, 0.5) is 14.5 Å². The van der Waals surface area contributed by atoms with Crippen LogP contribution in [-0.4, -0.2) is 25.5 Å². The molecule has 0 radical (unpaired) electrons. The molecule has 1 N–H and O–H groups in total. The first-order valence-corrected chi connectivity index (χ1v) is 6.51. The summed E-state index contributed by atoms with van der Waals surface area (Å²) < 4.78 is 28.7. The molecule has 2 heterocycles. The highest BCUT2D eigenvalue weighted by Gasteiger charge is 2.43. The highest BCUT2D eigenvalue weighted by atomic mass is 19.3. The molecule has 1 fully saturated rings. The Labute approximate surface area is 110 Å². The van der Waals surface area contributed by atoms with Crippen LogP contribution in [-0.2, 0) is 17.1 Å². The van der Waals surface area contributed by atoms with Gasteiger partial charge in [0.15, 0.2) is 0 Å². The molecule has 102 valence electrons. The Morgan fingerprint density at radius 1 is 1.42 bits per heavy atom. The van der Waals surface area contributed by atoms with Crippen molar-refractivity contribution in [3.8, 4) is 0 Å². The highest BCUT2D eigenvalue weighted by molar-refractivity contribution is 6.00. The topological polar surface area (TPSA) is 32.3 Å². The number of hydrogen-bond acceptors (Lipinski definition) is 2. The van der Waals surface area contributed by atoms with Crippen molar-refractivity contribution in [1.82, 2.24) is 5.32 Å². The molecule has 0 spiro atoms. The van der Waals surface area contributed by atoms with E-state index in [1.165, 1.54) is 17.0 Å². The number of carbonyl (C=O) groups excluding carboxylic acids is 1. The summed E-state index contributed by atoms with van der Waals surface area (Å²) in [4.78, 5) is 13.1. The van der Waals surface area contributed by atoms with E-state index in [0.717, 1.165) is 12.1 Å². The van der Waals surface area contributed by atoms with Gasteiger partial charge < -0.3 is 10.2 Å². The first-order valence-electron chi connectivity index (χ1n) is 6.51. The number of alkyl halides is 2. The minimum absolute atomic E-state index is 0.00810. The fourth-order valence-corrected chi connectivity index (χ4v) is 2.87. The van der Waals surface area contributed by atoms with Gasteiger partial charge in [0.25, 0.3) is 5.92 Å². The third-order valence-electron chi connectivity index (χ3n) is 4.04. The van der Waals surface area contributed by atoms with E-state index in [1.807, 2.05) is 0 Å². The van der Waals surface area contributed by atoms with Gasteiger partial charge in [0, 0.05) is 18.3 Å². The number of rotatable bonds is 2. The van der Waals surface area contributed by atoms with Gasteiger partial charge in [-0.2, -0.15) is 8.78 Å². The number of likely N-dealkylation sites (N-methyl/N-ethyl adjacent to an activating group) is 1. The van der Waals surface area contributed by atoms with Crippen LogP contribution in [0.25, 0.3) is 0 Å². The fraction of sp³-hybridized carbons (Fsp3) is 0.500. The number of benzene rings is 1. The molecule has 5 heteroatoms. The lowest BCUT2D eigenvalue weighted by Crippen LogP contribution is -2.38. The summed E-state index contributed by atoms with van der Waals surface area (Å²) in [5.41, 5.74) is 1.44. The van der Waals surface area contributed by atoms with Crippen LogP contribution in [0.3, 0.4) is 0 Å². The summed E-state index contributed by atoms with van der Waals surface area (Å²) in [5, 5.41) is 2.85. The monoisotopic (exact) mass is 266 g/mol. The van der Waals surface area contributed by atoms with Gasteiger partial charge >= 0.3 is 0 Å². The van der Waals surface area contributed by atoms with Crippen molar-refractivity contribution in [1.29, 1.82) is 0 Å². The standard InChI is InChI=1S/C14H16F2N2O/c1-18-11-5-4-10(7-9(11)8-13(18)19)14(15,16)12-3-2-6-17-12/h4-5,7,12,17H,2-3,6,8H2,1H3. The van der Waals surface area contributed by atoms with Gasteiger partial charge in [-0.1, -0.05) is 6.07 Å². The molecule has 1 amide bonds. The lowest BCUT2D eigenvalue weighted by molar-refractivity contribution is -0.117. The van der Waals surface area contributed by atoms with Gasteiger partial charge in [0.05, 0.1) is 12.5 Å². The van der Waals surface area contributed by atoms with Gasteiger partial charge in [-0.3, -0.25) is 4.79 Å². The van der Waals surface area contributed by atoms with Crippen molar-refractivity contribution >= 4 is 11.6 Å². The molecule has 1 saturated heterocycles. The van der Waals surface area contributed by atoms with Crippen molar-refractivity contribution in [2.45, 2.75) is 31.2 Å². The zero-order valence-electron chi connectivity index (χ0n) is 10.7. The van der Waals surface area contributed by atoms with Crippen molar-refractivity contribution in [3.63, 3.8) is 0 Å². The number of amides is 1. The lowest BCUT2D eigenvalue weighted by atomic mass is 9.97. The maximum atomic E-state index is 14.4. The second kappa shape index (κ2) is 4.27. The molecule has 0 aromatic heterocycles. The molecule has 1 atom stereocenters. The maximum Gasteiger partial charge on any atom is 0.288 e. The van der Waals surface area contributed by atoms with Crippen molar-refractivity contribution < 1.29 is 13.6 Å². The molecule has 0 saturated carbocycles. The minimum Gasteiger partial charge on any atom is -0.315 e. The smallest absolute Gasteiger partial charge is 0.288 e. The molecule has 3 nitrogen and oxygen atoms in total. The Morgan fingerprint density at radius 2 is 2.21 bits per heavy atom. The molecule has 1 aromatic carbocycles. The normalized spacial score (nSPS) is 23.0. The second-order valence-corrected chi connectivity index (χ2v) is 5.24. The highest BCUT2D eigenvalue weighted by Crippen LogP contribution is 2.38. The summed E-state index contributed by atoms with van der Waals surface area (Å²) in [6, 6.07) is 3.75. The number of nitrogens with one attached hydrogen (secondary N) is 1. The molecular formula is C14H16F2N2O. The summed E-state index contributed by atoms with van der Waals surface area (Å²) in [7, 11) is 1.67. The van der Waals surface area contributed by atoms with Crippen LogP contribution in [0.5, 0.6) is 0 Å². The van der Waals surface area contributed by atoms with Gasteiger partial charge in [0.1, 0.15) is 0 Å². The van der Waals surface area contributed by atoms with E-state index < -0.39 is 12.0 Å². The van der Waals surface area contributed by atoms with E-state index in [1.54, 1.807) is 13.1 Å². The molecule has 1 aromatic rings. The van der Waals surface area contributed by atoms with Crippen LogP contribution in [0.15, 0.2) is 18.2 Å². The SMILES string of the molecule is CN1C(=O)Cc2cc(C(F)(F)C3CCCN3)ccc21. The van der Waals surface area contributed by atoms with Crippen LogP contribution >= 0.6 is 0 Å². The van der Waals surface area contributed by atoms with Gasteiger partial charge in [-0.05, 0) is 37.1 Å². The average molecular weight is 266 g/mol. The van der Waals surface area contributed by atoms with Crippen LogP contribution in [0.1, 0.15) is 24.0 Å². The Bertz CT molecular complexity index is 524. The number of halogens is 2. The predicted molar refractivity (Wildman–Crippen MR) is 68.5 cm³/mol. The van der Waals surface area contributed by atoms with E-state index in [4.69, 9.17) is 0 Å². The van der Waals surface area contributed by atoms with Gasteiger partial charge in [-0.25, -0.2) is 0 Å². The molecule has 2 aliphatic rings. The second-order valence-electron chi connectivity index (χ2n) is 5.24. The number of fused-ring (bicyclic) bond motifs is 1. The van der Waals surface area contributed by atoms with Crippen LogP contribution < -0.4 is 10.2 Å². The Hall–Kier alpha value is -1.49. The van der Waals surface area contributed by atoms with Crippen LogP contribution in [0, 0.1) is 0 Å². The lowest BCUT2D eigenvalue weighted by Gasteiger charge is -2.24. The summed E-state index contributed by atoms with van der Waals surface area (Å²) in [6.07, 6.45) is 1.49. The number of anilines is 1. The van der Waals surface area contributed by atoms with E-state index >= 15 is 0 Å². The molecule has 19 heavy (non-hydrogen) atoms. The summed E-state index contributed by atoms with van der Waals surface area (Å²) in [6.45, 7) is 0.645. The van der Waals surface area contributed by atoms with Crippen LogP contribution in [0.2, 0.25) is 0 Å². The molecule has 0 aliphatic carbocycles. The fourth-order valence-electron chi connectivity index (χ4n) is 2.87. The van der Waals surface area contributed by atoms with E-state index in [-0.39, 0.29) is 17.9 Å². The number of carbonyl (C=O) groups is 1. The molecule has 3 rings (SSSR count). The number of hydrogen-bond donors (Lipinski definition) is 1. The molecular weight excluding hydrogens is 250 g/mol. The molecule has 0 bridgehead atoms. The predicted octanol–water partition coefficient (Wildman–Crippen LogP) is 2.05. The third kappa shape index (κ3) is 1.92.